The molecule has 1 heterocycles. The predicted molar refractivity (Wildman–Crippen MR) is 73.2 cm³/mol. The number of carbonyl (C=O) groups is 1. The number of ether oxygens (including phenoxy) is 1. The van der Waals surface area contributed by atoms with Crippen LogP contribution in [0.5, 0.6) is 5.75 Å². The number of amides is 1. The van der Waals surface area contributed by atoms with Gasteiger partial charge in [0.25, 0.3) is 5.91 Å². The Morgan fingerprint density at radius 2 is 2.11 bits per heavy atom. The van der Waals surface area contributed by atoms with Crippen LogP contribution in [0, 0.1) is 5.82 Å². The van der Waals surface area contributed by atoms with Gasteiger partial charge in [0.05, 0.1) is 0 Å². The molecule has 0 saturated carbocycles. The monoisotopic (exact) mass is 288 g/mol. The molecule has 0 radical (unpaired) electrons. The molecule has 1 N–H and O–H groups in total. The van der Waals surface area contributed by atoms with E-state index >= 15 is 0 Å². The van der Waals surface area contributed by atoms with E-state index in [1.54, 1.807) is 24.0 Å². The van der Waals surface area contributed by atoms with Crippen molar-refractivity contribution in [3.8, 4) is 5.75 Å². The maximum absolute atomic E-state index is 13.0. The number of nitrogens with zero attached hydrogens (tertiary/aromatic N) is 1. The van der Waals surface area contributed by atoms with Gasteiger partial charge in [-0.1, -0.05) is 6.07 Å². The van der Waals surface area contributed by atoms with Gasteiger partial charge in [-0.15, -0.1) is 12.4 Å². The normalized spacial score (nSPS) is 16.4. The second-order valence-electron chi connectivity index (χ2n) is 4.29. The van der Waals surface area contributed by atoms with Gasteiger partial charge in [0.15, 0.2) is 6.10 Å². The highest BCUT2D eigenvalue weighted by atomic mass is 35.5. The molecule has 1 saturated heterocycles. The highest BCUT2D eigenvalue weighted by Crippen LogP contribution is 2.14. The molecule has 2 rings (SSSR count). The van der Waals surface area contributed by atoms with Crippen LogP contribution in [0.3, 0.4) is 0 Å². The SMILES string of the molecule is CC(Oc1cccc(F)c1)C(=O)N1CCNCC1.Cl. The van der Waals surface area contributed by atoms with Crippen molar-refractivity contribution in [2.75, 3.05) is 26.2 Å². The van der Waals surface area contributed by atoms with E-state index in [2.05, 4.69) is 5.32 Å². The fourth-order valence-corrected chi connectivity index (χ4v) is 1.94. The maximum atomic E-state index is 13.0. The largest absolute Gasteiger partial charge is 0.481 e. The molecular weight excluding hydrogens is 271 g/mol. The molecule has 0 aromatic heterocycles. The van der Waals surface area contributed by atoms with E-state index < -0.39 is 6.10 Å². The number of benzene rings is 1. The van der Waals surface area contributed by atoms with Gasteiger partial charge >= 0.3 is 0 Å². The minimum Gasteiger partial charge on any atom is -0.481 e. The van der Waals surface area contributed by atoms with Crippen LogP contribution >= 0.6 is 12.4 Å². The minimum absolute atomic E-state index is 0. The number of nitrogens with one attached hydrogen (secondary N) is 1. The lowest BCUT2D eigenvalue weighted by Gasteiger charge is -2.29. The first-order valence-electron chi connectivity index (χ1n) is 6.08. The van der Waals surface area contributed by atoms with Crippen molar-refractivity contribution >= 4 is 18.3 Å². The topological polar surface area (TPSA) is 41.6 Å². The van der Waals surface area contributed by atoms with Gasteiger partial charge in [0.2, 0.25) is 0 Å². The van der Waals surface area contributed by atoms with Crippen LogP contribution in [0.1, 0.15) is 6.92 Å². The fourth-order valence-electron chi connectivity index (χ4n) is 1.94. The van der Waals surface area contributed by atoms with Crippen LogP contribution in [0.25, 0.3) is 0 Å². The average molecular weight is 289 g/mol. The van der Waals surface area contributed by atoms with Crippen LogP contribution in [0.15, 0.2) is 24.3 Å². The molecule has 6 heteroatoms. The van der Waals surface area contributed by atoms with Crippen LogP contribution in [0.4, 0.5) is 4.39 Å². The van der Waals surface area contributed by atoms with Crippen LogP contribution in [-0.4, -0.2) is 43.1 Å². The van der Waals surface area contributed by atoms with E-state index in [1.807, 2.05) is 0 Å². The first kappa shape index (κ1) is 15.7. The standard InChI is InChI=1S/C13H17FN2O2.ClH/c1-10(13(17)16-7-5-15-6-8-16)18-12-4-2-3-11(14)9-12;/h2-4,9-10,15H,5-8H2,1H3;1H. The summed E-state index contributed by atoms with van der Waals surface area (Å²) in [6, 6.07) is 5.83. The quantitative estimate of drug-likeness (QED) is 0.915. The molecule has 1 aromatic rings. The van der Waals surface area contributed by atoms with E-state index in [9.17, 15) is 9.18 Å². The Morgan fingerprint density at radius 3 is 2.74 bits per heavy atom. The molecule has 1 unspecified atom stereocenters. The summed E-state index contributed by atoms with van der Waals surface area (Å²) in [7, 11) is 0. The lowest BCUT2D eigenvalue weighted by molar-refractivity contribution is -0.138. The molecule has 1 atom stereocenters. The van der Waals surface area contributed by atoms with Gasteiger partial charge in [-0.3, -0.25) is 4.79 Å². The van der Waals surface area contributed by atoms with Crippen LogP contribution < -0.4 is 10.1 Å². The van der Waals surface area contributed by atoms with Gasteiger partial charge in [-0.25, -0.2) is 4.39 Å². The third-order valence-electron chi connectivity index (χ3n) is 2.89. The lowest BCUT2D eigenvalue weighted by Crippen LogP contribution is -2.50. The summed E-state index contributed by atoms with van der Waals surface area (Å²) < 4.78 is 18.4. The van der Waals surface area contributed by atoms with Crippen molar-refractivity contribution < 1.29 is 13.9 Å². The number of halogens is 2. The second-order valence-corrected chi connectivity index (χ2v) is 4.29. The van der Waals surface area contributed by atoms with Crippen molar-refractivity contribution in [1.29, 1.82) is 0 Å². The first-order chi connectivity index (χ1) is 8.66. The zero-order chi connectivity index (χ0) is 13.0. The summed E-state index contributed by atoms with van der Waals surface area (Å²) in [5, 5.41) is 3.18. The van der Waals surface area contributed by atoms with Crippen molar-refractivity contribution in [1.82, 2.24) is 10.2 Å². The summed E-state index contributed by atoms with van der Waals surface area (Å²) in [6.45, 7) is 4.68. The smallest absolute Gasteiger partial charge is 0.263 e. The molecule has 4 nitrogen and oxygen atoms in total. The molecule has 1 aromatic carbocycles. The molecule has 1 aliphatic rings. The van der Waals surface area contributed by atoms with Crippen molar-refractivity contribution in [3.63, 3.8) is 0 Å². The number of rotatable bonds is 3. The molecule has 0 spiro atoms. The van der Waals surface area contributed by atoms with E-state index in [4.69, 9.17) is 4.74 Å². The number of hydrogen-bond acceptors (Lipinski definition) is 3. The number of piperazine rings is 1. The lowest BCUT2D eigenvalue weighted by atomic mass is 10.2. The van der Waals surface area contributed by atoms with Crippen molar-refractivity contribution in [3.05, 3.63) is 30.1 Å². The first-order valence-corrected chi connectivity index (χ1v) is 6.08. The minimum atomic E-state index is -0.593. The van der Waals surface area contributed by atoms with E-state index in [0.717, 1.165) is 13.1 Å². The summed E-state index contributed by atoms with van der Waals surface area (Å²) in [4.78, 5) is 13.8. The van der Waals surface area contributed by atoms with Crippen LogP contribution in [-0.2, 0) is 4.79 Å². The van der Waals surface area contributed by atoms with Gasteiger partial charge in [-0.05, 0) is 19.1 Å². The summed E-state index contributed by atoms with van der Waals surface area (Å²) in [5.74, 6) is -0.0407. The highest BCUT2D eigenvalue weighted by molar-refractivity contribution is 5.85. The molecule has 0 aliphatic carbocycles. The molecular formula is C13H18ClFN2O2. The number of carbonyl (C=O) groups excluding carboxylic acids is 1. The summed E-state index contributed by atoms with van der Waals surface area (Å²) in [5.41, 5.74) is 0. The van der Waals surface area contributed by atoms with Crippen molar-refractivity contribution in [2.45, 2.75) is 13.0 Å². The second kappa shape index (κ2) is 7.31. The third-order valence-corrected chi connectivity index (χ3v) is 2.89. The molecule has 19 heavy (non-hydrogen) atoms. The Bertz CT molecular complexity index is 425. The van der Waals surface area contributed by atoms with E-state index in [1.165, 1.54) is 12.1 Å². The third kappa shape index (κ3) is 4.36. The Kier molecular flexibility index (Phi) is 6.05. The average Bonchev–Trinajstić information content (AvgIpc) is 2.39. The fraction of sp³-hybridized carbons (Fsp3) is 0.462. The molecule has 0 bridgehead atoms. The highest BCUT2D eigenvalue weighted by Gasteiger charge is 2.23. The predicted octanol–water partition coefficient (Wildman–Crippen LogP) is 1.45. The molecule has 1 fully saturated rings. The van der Waals surface area contributed by atoms with Gasteiger partial charge in [0.1, 0.15) is 11.6 Å². The Hall–Kier alpha value is -1.33. The Labute approximate surface area is 118 Å². The Balaban J connectivity index is 0.00000180. The van der Waals surface area contributed by atoms with Gasteiger partial charge in [0, 0.05) is 32.2 Å². The van der Waals surface area contributed by atoms with Crippen molar-refractivity contribution in [2.24, 2.45) is 0 Å². The van der Waals surface area contributed by atoms with Gasteiger partial charge in [-0.2, -0.15) is 0 Å². The van der Waals surface area contributed by atoms with E-state index in [-0.39, 0.29) is 24.1 Å². The zero-order valence-electron chi connectivity index (χ0n) is 10.8. The maximum Gasteiger partial charge on any atom is 0.263 e. The molecule has 106 valence electrons. The van der Waals surface area contributed by atoms with Crippen LogP contribution in [0.2, 0.25) is 0 Å². The number of hydrogen-bond donors (Lipinski definition) is 1. The Morgan fingerprint density at radius 1 is 1.42 bits per heavy atom. The zero-order valence-corrected chi connectivity index (χ0v) is 11.6. The van der Waals surface area contributed by atoms with E-state index in [0.29, 0.717) is 18.8 Å². The summed E-state index contributed by atoms with van der Waals surface area (Å²) in [6.07, 6.45) is -0.593. The van der Waals surface area contributed by atoms with Gasteiger partial charge < -0.3 is 15.0 Å². The molecule has 1 aliphatic heterocycles. The summed E-state index contributed by atoms with van der Waals surface area (Å²) >= 11 is 0. The molecule has 1 amide bonds.